The first-order chi connectivity index (χ1) is 8.97. The summed E-state index contributed by atoms with van der Waals surface area (Å²) >= 11 is 6.44. The van der Waals surface area contributed by atoms with Crippen molar-refractivity contribution in [2.45, 2.75) is 0 Å². The number of pyridine rings is 1. The van der Waals surface area contributed by atoms with Gasteiger partial charge in [0.05, 0.1) is 11.3 Å². The summed E-state index contributed by atoms with van der Waals surface area (Å²) in [4.78, 5) is 15.9. The number of carbonyl (C=O) groups is 1. The first-order valence-corrected chi connectivity index (χ1v) is 6.73. The minimum absolute atomic E-state index is 0.105. The Morgan fingerprint density at radius 2 is 2.05 bits per heavy atom. The topological polar surface area (TPSA) is 68.0 Å². The van der Waals surface area contributed by atoms with E-state index in [1.807, 2.05) is 0 Å². The number of nitrogens with one attached hydrogen (secondary N) is 1. The summed E-state index contributed by atoms with van der Waals surface area (Å²) in [7, 11) is 0. The molecule has 0 bridgehead atoms. The Labute approximate surface area is 125 Å². The van der Waals surface area contributed by atoms with E-state index in [-0.39, 0.29) is 11.4 Å². The first-order valence-electron chi connectivity index (χ1n) is 5.15. The molecule has 98 valence electrons. The Bertz CT molecular complexity index is 649. The molecule has 7 heteroatoms. The summed E-state index contributed by atoms with van der Waals surface area (Å²) in [5.41, 5.74) is 6.17. The third kappa shape index (κ3) is 3.30. The van der Waals surface area contributed by atoms with Crippen LogP contribution in [0.15, 0.2) is 39.4 Å². The van der Waals surface area contributed by atoms with E-state index in [0.717, 1.165) is 0 Å². The van der Waals surface area contributed by atoms with Gasteiger partial charge in [-0.15, -0.1) is 0 Å². The Morgan fingerprint density at radius 3 is 2.79 bits per heavy atom. The van der Waals surface area contributed by atoms with E-state index < -0.39 is 11.7 Å². The van der Waals surface area contributed by atoms with Gasteiger partial charge in [0, 0.05) is 15.1 Å². The Kier molecular flexibility index (Phi) is 4.16. The first kappa shape index (κ1) is 14.0. The highest BCUT2D eigenvalue weighted by Crippen LogP contribution is 2.24. The van der Waals surface area contributed by atoms with E-state index in [9.17, 15) is 9.18 Å². The van der Waals surface area contributed by atoms with Gasteiger partial charge < -0.3 is 11.1 Å². The minimum atomic E-state index is -0.461. The van der Waals surface area contributed by atoms with Crippen molar-refractivity contribution in [2.24, 2.45) is 0 Å². The number of nitrogen functional groups attached to an aromatic ring is 1. The lowest BCUT2D eigenvalue weighted by molar-refractivity contribution is 0.102. The van der Waals surface area contributed by atoms with Gasteiger partial charge in [-0.25, -0.2) is 9.37 Å². The fourth-order valence-electron chi connectivity index (χ4n) is 1.41. The maximum Gasteiger partial charge on any atom is 0.259 e. The zero-order valence-electron chi connectivity index (χ0n) is 9.45. The predicted molar refractivity (Wildman–Crippen MR) is 78.4 cm³/mol. The molecule has 1 aromatic heterocycles. The van der Waals surface area contributed by atoms with Gasteiger partial charge in [-0.3, -0.25) is 4.79 Å². The number of rotatable bonds is 2. The number of amides is 1. The molecule has 0 saturated heterocycles. The highest BCUT2D eigenvalue weighted by Gasteiger charge is 2.13. The lowest BCUT2D eigenvalue weighted by atomic mass is 10.2. The lowest BCUT2D eigenvalue weighted by Crippen LogP contribution is -2.15. The molecular formula is C12H8Br2FN3O. The van der Waals surface area contributed by atoms with Crippen LogP contribution < -0.4 is 11.1 Å². The number of carbonyl (C=O) groups excluding carboxylic acids is 1. The predicted octanol–water partition coefficient (Wildman–Crippen LogP) is 3.58. The van der Waals surface area contributed by atoms with Crippen molar-refractivity contribution in [3.63, 3.8) is 0 Å². The standard InChI is InChI=1S/C12H8Br2FN3O/c13-6-3-8(11(16)17-5-6)12(19)18-10-4-7(15)1-2-9(10)14/h1-5H,(H2,16,17)(H,18,19). The number of hydrogen-bond acceptors (Lipinski definition) is 3. The lowest BCUT2D eigenvalue weighted by Gasteiger charge is -2.09. The summed E-state index contributed by atoms with van der Waals surface area (Å²) in [5, 5.41) is 2.57. The average Bonchev–Trinajstić information content (AvgIpc) is 2.36. The summed E-state index contributed by atoms with van der Waals surface area (Å²) in [6, 6.07) is 5.55. The summed E-state index contributed by atoms with van der Waals surface area (Å²) < 4.78 is 14.3. The zero-order valence-corrected chi connectivity index (χ0v) is 12.6. The van der Waals surface area contributed by atoms with Gasteiger partial charge in [-0.05, 0) is 56.1 Å². The second-order valence-electron chi connectivity index (χ2n) is 3.66. The smallest absolute Gasteiger partial charge is 0.259 e. The van der Waals surface area contributed by atoms with Crippen LogP contribution in [0.25, 0.3) is 0 Å². The van der Waals surface area contributed by atoms with Crippen molar-refractivity contribution in [3.05, 3.63) is 50.8 Å². The van der Waals surface area contributed by atoms with Crippen molar-refractivity contribution < 1.29 is 9.18 Å². The fourth-order valence-corrected chi connectivity index (χ4v) is 2.09. The number of halogens is 3. The largest absolute Gasteiger partial charge is 0.383 e. The van der Waals surface area contributed by atoms with Crippen LogP contribution in [0.3, 0.4) is 0 Å². The summed E-state index contributed by atoms with van der Waals surface area (Å²) in [5.74, 6) is -0.801. The van der Waals surface area contributed by atoms with Crippen molar-refractivity contribution in [2.75, 3.05) is 11.1 Å². The van der Waals surface area contributed by atoms with E-state index in [4.69, 9.17) is 5.73 Å². The van der Waals surface area contributed by atoms with Gasteiger partial charge >= 0.3 is 0 Å². The third-order valence-electron chi connectivity index (χ3n) is 2.31. The van der Waals surface area contributed by atoms with Gasteiger partial charge in [0.2, 0.25) is 0 Å². The molecule has 0 unspecified atom stereocenters. The Hall–Kier alpha value is -1.47. The second-order valence-corrected chi connectivity index (χ2v) is 5.43. The summed E-state index contributed by atoms with van der Waals surface area (Å²) in [6.45, 7) is 0. The molecule has 1 amide bonds. The normalized spacial score (nSPS) is 10.3. The van der Waals surface area contributed by atoms with Gasteiger partial charge in [-0.1, -0.05) is 0 Å². The van der Waals surface area contributed by atoms with Gasteiger partial charge in [-0.2, -0.15) is 0 Å². The van der Waals surface area contributed by atoms with E-state index in [1.165, 1.54) is 24.4 Å². The van der Waals surface area contributed by atoms with Crippen molar-refractivity contribution in [1.82, 2.24) is 4.98 Å². The molecule has 0 atom stereocenters. The quantitative estimate of drug-likeness (QED) is 0.826. The molecule has 0 aliphatic carbocycles. The monoisotopic (exact) mass is 387 g/mol. The molecule has 3 N–H and O–H groups in total. The molecule has 0 saturated carbocycles. The number of aromatic nitrogens is 1. The van der Waals surface area contributed by atoms with Crippen LogP contribution in [0.4, 0.5) is 15.9 Å². The average molecular weight is 389 g/mol. The van der Waals surface area contributed by atoms with Crippen molar-refractivity contribution >= 4 is 49.3 Å². The molecule has 0 aliphatic rings. The highest BCUT2D eigenvalue weighted by molar-refractivity contribution is 9.10. The van der Waals surface area contributed by atoms with E-state index in [1.54, 1.807) is 6.07 Å². The molecule has 2 aromatic rings. The summed E-state index contributed by atoms with van der Waals surface area (Å²) in [6.07, 6.45) is 1.49. The Balaban J connectivity index is 2.30. The molecule has 0 spiro atoms. The second kappa shape index (κ2) is 5.66. The Morgan fingerprint density at radius 1 is 1.32 bits per heavy atom. The van der Waals surface area contributed by atoms with Crippen LogP contribution in [-0.2, 0) is 0 Å². The van der Waals surface area contributed by atoms with Crippen molar-refractivity contribution in [1.29, 1.82) is 0 Å². The maximum absolute atomic E-state index is 13.1. The molecular weight excluding hydrogens is 381 g/mol. The molecule has 0 fully saturated rings. The molecule has 1 heterocycles. The third-order valence-corrected chi connectivity index (χ3v) is 3.43. The van der Waals surface area contributed by atoms with E-state index in [2.05, 4.69) is 42.2 Å². The number of hydrogen-bond donors (Lipinski definition) is 2. The molecule has 4 nitrogen and oxygen atoms in total. The van der Waals surface area contributed by atoms with Crippen molar-refractivity contribution in [3.8, 4) is 0 Å². The minimum Gasteiger partial charge on any atom is -0.383 e. The molecule has 1 aromatic carbocycles. The molecule has 2 rings (SSSR count). The number of benzene rings is 1. The van der Waals surface area contributed by atoms with Crippen LogP contribution in [0.5, 0.6) is 0 Å². The van der Waals surface area contributed by atoms with Crippen LogP contribution in [-0.4, -0.2) is 10.9 Å². The number of anilines is 2. The van der Waals surface area contributed by atoms with E-state index in [0.29, 0.717) is 14.6 Å². The highest BCUT2D eigenvalue weighted by atomic mass is 79.9. The van der Waals surface area contributed by atoms with Crippen LogP contribution in [0.1, 0.15) is 10.4 Å². The molecule has 0 radical (unpaired) electrons. The van der Waals surface area contributed by atoms with Gasteiger partial charge in [0.25, 0.3) is 5.91 Å². The number of nitrogens with two attached hydrogens (primary N) is 1. The molecule has 0 aliphatic heterocycles. The fraction of sp³-hybridized carbons (Fsp3) is 0. The SMILES string of the molecule is Nc1ncc(Br)cc1C(=O)Nc1cc(F)ccc1Br. The number of nitrogens with zero attached hydrogens (tertiary/aromatic N) is 1. The zero-order chi connectivity index (χ0) is 14.0. The molecule has 19 heavy (non-hydrogen) atoms. The van der Waals surface area contributed by atoms with Crippen LogP contribution in [0, 0.1) is 5.82 Å². The van der Waals surface area contributed by atoms with E-state index >= 15 is 0 Å². The van der Waals surface area contributed by atoms with Gasteiger partial charge in [0.1, 0.15) is 11.6 Å². The van der Waals surface area contributed by atoms with Crippen LogP contribution >= 0.6 is 31.9 Å². The van der Waals surface area contributed by atoms with Crippen LogP contribution in [0.2, 0.25) is 0 Å². The maximum atomic E-state index is 13.1. The van der Waals surface area contributed by atoms with Gasteiger partial charge in [0.15, 0.2) is 0 Å².